The Morgan fingerprint density at radius 3 is 2.65 bits per heavy atom. The molecule has 3 rings (SSSR count). The minimum absolute atomic E-state index is 0.473. The summed E-state index contributed by atoms with van der Waals surface area (Å²) in [5.41, 5.74) is 6.53. The minimum Gasteiger partial charge on any atom is -0.330 e. The molecule has 3 nitrogen and oxygen atoms in total. The smallest absolute Gasteiger partial charge is 0.0224 e. The van der Waals surface area contributed by atoms with Crippen LogP contribution in [0.3, 0.4) is 0 Å². The molecule has 1 unspecified atom stereocenters. The number of hydrogen-bond donors (Lipinski definition) is 1. The molecular formula is C14H27N3. The van der Waals surface area contributed by atoms with E-state index in [9.17, 15) is 0 Å². The van der Waals surface area contributed by atoms with Gasteiger partial charge in [-0.15, -0.1) is 0 Å². The zero-order chi connectivity index (χ0) is 11.7. The summed E-state index contributed by atoms with van der Waals surface area (Å²) in [6, 6.07) is 0.861. The van der Waals surface area contributed by atoms with Gasteiger partial charge in [-0.2, -0.15) is 0 Å². The lowest BCUT2D eigenvalue weighted by Gasteiger charge is -2.42. The van der Waals surface area contributed by atoms with Gasteiger partial charge in [0, 0.05) is 32.2 Å². The summed E-state index contributed by atoms with van der Waals surface area (Å²) in [7, 11) is 0. The van der Waals surface area contributed by atoms with Gasteiger partial charge in [0.05, 0.1) is 0 Å². The van der Waals surface area contributed by atoms with E-state index in [1.807, 2.05) is 0 Å². The van der Waals surface area contributed by atoms with Crippen LogP contribution in [0.1, 0.15) is 38.5 Å². The Morgan fingerprint density at radius 2 is 1.88 bits per heavy atom. The van der Waals surface area contributed by atoms with Crippen molar-refractivity contribution in [1.82, 2.24) is 9.80 Å². The molecule has 17 heavy (non-hydrogen) atoms. The van der Waals surface area contributed by atoms with Crippen LogP contribution in [-0.2, 0) is 0 Å². The van der Waals surface area contributed by atoms with E-state index in [-0.39, 0.29) is 0 Å². The summed E-state index contributed by atoms with van der Waals surface area (Å²) < 4.78 is 0. The van der Waals surface area contributed by atoms with Gasteiger partial charge in [0.25, 0.3) is 0 Å². The van der Waals surface area contributed by atoms with Crippen LogP contribution in [0, 0.1) is 5.41 Å². The van der Waals surface area contributed by atoms with E-state index in [0.29, 0.717) is 5.41 Å². The molecule has 0 amide bonds. The number of nitrogens with two attached hydrogens (primary N) is 1. The van der Waals surface area contributed by atoms with Crippen molar-refractivity contribution in [3.63, 3.8) is 0 Å². The molecule has 2 aliphatic heterocycles. The zero-order valence-corrected chi connectivity index (χ0v) is 11.0. The predicted octanol–water partition coefficient (Wildman–Crippen LogP) is 1.29. The van der Waals surface area contributed by atoms with Crippen molar-refractivity contribution >= 4 is 0 Å². The van der Waals surface area contributed by atoms with Gasteiger partial charge in [0.1, 0.15) is 0 Å². The van der Waals surface area contributed by atoms with Crippen LogP contribution >= 0.6 is 0 Å². The third-order valence-corrected chi connectivity index (χ3v) is 5.33. The Labute approximate surface area is 105 Å². The highest BCUT2D eigenvalue weighted by Crippen LogP contribution is 2.38. The van der Waals surface area contributed by atoms with Gasteiger partial charge < -0.3 is 5.73 Å². The molecule has 2 saturated heterocycles. The number of rotatable bonds is 3. The van der Waals surface area contributed by atoms with Crippen molar-refractivity contribution in [2.75, 3.05) is 39.3 Å². The molecule has 3 fully saturated rings. The molecule has 2 heterocycles. The van der Waals surface area contributed by atoms with Gasteiger partial charge in [-0.05, 0) is 44.2 Å². The van der Waals surface area contributed by atoms with Crippen LogP contribution in [-0.4, -0.2) is 55.1 Å². The van der Waals surface area contributed by atoms with Crippen molar-refractivity contribution in [2.24, 2.45) is 11.1 Å². The van der Waals surface area contributed by atoms with E-state index in [2.05, 4.69) is 9.80 Å². The van der Waals surface area contributed by atoms with Gasteiger partial charge >= 0.3 is 0 Å². The Morgan fingerprint density at radius 1 is 1.06 bits per heavy atom. The second-order valence-electron chi connectivity index (χ2n) is 6.48. The molecule has 1 saturated carbocycles. The van der Waals surface area contributed by atoms with Gasteiger partial charge in [-0.1, -0.05) is 12.8 Å². The van der Waals surface area contributed by atoms with Gasteiger partial charge in [-0.3, -0.25) is 9.80 Å². The molecule has 3 aliphatic rings. The predicted molar refractivity (Wildman–Crippen MR) is 71.0 cm³/mol. The normalized spacial score (nSPS) is 34.1. The van der Waals surface area contributed by atoms with Crippen LogP contribution < -0.4 is 5.73 Å². The summed E-state index contributed by atoms with van der Waals surface area (Å²) in [4.78, 5) is 5.41. The summed E-state index contributed by atoms with van der Waals surface area (Å²) in [6.07, 6.45) is 8.39. The lowest BCUT2D eigenvalue weighted by atomic mass is 9.85. The Balaban J connectivity index is 1.58. The molecule has 0 spiro atoms. The van der Waals surface area contributed by atoms with Crippen LogP contribution in [0.5, 0.6) is 0 Å². The van der Waals surface area contributed by atoms with E-state index >= 15 is 0 Å². The second-order valence-corrected chi connectivity index (χ2v) is 6.48. The number of piperazine rings is 1. The first kappa shape index (κ1) is 11.9. The molecule has 0 aromatic heterocycles. The lowest BCUT2D eigenvalue weighted by molar-refractivity contribution is 0.0680. The van der Waals surface area contributed by atoms with Crippen LogP contribution in [0.4, 0.5) is 0 Å². The molecular weight excluding hydrogens is 210 g/mol. The fourth-order valence-electron chi connectivity index (χ4n) is 4.23. The average molecular weight is 237 g/mol. The Bertz CT molecular complexity index is 260. The molecule has 0 aromatic rings. The van der Waals surface area contributed by atoms with Crippen molar-refractivity contribution in [3.8, 4) is 0 Å². The maximum absolute atomic E-state index is 6.06. The van der Waals surface area contributed by atoms with Gasteiger partial charge in [-0.25, -0.2) is 0 Å². The highest BCUT2D eigenvalue weighted by molar-refractivity contribution is 4.93. The molecule has 2 N–H and O–H groups in total. The molecule has 1 atom stereocenters. The zero-order valence-electron chi connectivity index (χ0n) is 11.0. The lowest BCUT2D eigenvalue weighted by Crippen LogP contribution is -2.53. The second kappa shape index (κ2) is 4.87. The summed E-state index contributed by atoms with van der Waals surface area (Å²) in [6.45, 7) is 7.40. The Hall–Kier alpha value is -0.120. The maximum atomic E-state index is 6.06. The van der Waals surface area contributed by atoms with Crippen LogP contribution in [0.2, 0.25) is 0 Å². The molecule has 0 radical (unpaired) electrons. The summed E-state index contributed by atoms with van der Waals surface area (Å²) in [5, 5.41) is 0. The van der Waals surface area contributed by atoms with E-state index in [0.717, 1.165) is 12.6 Å². The molecule has 0 bridgehead atoms. The monoisotopic (exact) mass is 237 g/mol. The number of nitrogens with zero attached hydrogens (tertiary/aromatic N) is 2. The molecule has 0 aromatic carbocycles. The van der Waals surface area contributed by atoms with E-state index in [1.54, 1.807) is 0 Å². The highest BCUT2D eigenvalue weighted by Gasteiger charge is 2.37. The quantitative estimate of drug-likeness (QED) is 0.803. The first-order chi connectivity index (χ1) is 8.31. The van der Waals surface area contributed by atoms with Crippen molar-refractivity contribution in [3.05, 3.63) is 0 Å². The van der Waals surface area contributed by atoms with Crippen molar-refractivity contribution < 1.29 is 0 Å². The summed E-state index contributed by atoms with van der Waals surface area (Å²) in [5.74, 6) is 0. The van der Waals surface area contributed by atoms with Gasteiger partial charge in [0.15, 0.2) is 0 Å². The van der Waals surface area contributed by atoms with Crippen LogP contribution in [0.25, 0.3) is 0 Å². The van der Waals surface area contributed by atoms with Gasteiger partial charge in [0.2, 0.25) is 0 Å². The third-order valence-electron chi connectivity index (χ3n) is 5.33. The topological polar surface area (TPSA) is 32.5 Å². The van der Waals surface area contributed by atoms with E-state index < -0.39 is 0 Å². The first-order valence-electron chi connectivity index (χ1n) is 7.48. The molecule has 98 valence electrons. The van der Waals surface area contributed by atoms with Crippen LogP contribution in [0.15, 0.2) is 0 Å². The largest absolute Gasteiger partial charge is 0.330 e. The first-order valence-corrected chi connectivity index (χ1v) is 7.48. The molecule has 1 aliphatic carbocycles. The Kier molecular flexibility index (Phi) is 3.42. The minimum atomic E-state index is 0.473. The number of hydrogen-bond acceptors (Lipinski definition) is 3. The summed E-state index contributed by atoms with van der Waals surface area (Å²) >= 11 is 0. The number of fused-ring (bicyclic) bond motifs is 1. The fourth-order valence-corrected chi connectivity index (χ4v) is 4.23. The standard InChI is InChI=1S/C14H27N3/c15-11-14(5-1-2-6-14)12-16-8-9-17-7-3-4-13(17)10-16/h13H,1-12,15H2. The maximum Gasteiger partial charge on any atom is 0.0224 e. The van der Waals surface area contributed by atoms with Crippen molar-refractivity contribution in [2.45, 2.75) is 44.6 Å². The van der Waals surface area contributed by atoms with E-state index in [4.69, 9.17) is 5.73 Å². The van der Waals surface area contributed by atoms with Crippen molar-refractivity contribution in [1.29, 1.82) is 0 Å². The molecule has 3 heteroatoms. The highest BCUT2D eigenvalue weighted by atomic mass is 15.3. The average Bonchev–Trinajstić information content (AvgIpc) is 2.97. The van der Waals surface area contributed by atoms with E-state index in [1.165, 1.54) is 71.2 Å². The fraction of sp³-hybridized carbons (Fsp3) is 1.00. The SMILES string of the molecule is NCC1(CN2CCN3CCCC3C2)CCCC1. The third kappa shape index (κ3) is 2.38.